The van der Waals surface area contributed by atoms with Gasteiger partial charge in [-0.05, 0) is 49.6 Å². The van der Waals surface area contributed by atoms with Gasteiger partial charge >= 0.3 is 0 Å². The highest BCUT2D eigenvalue weighted by Gasteiger charge is 2.20. The second-order valence-corrected chi connectivity index (χ2v) is 9.17. The number of hydrogen-bond acceptors (Lipinski definition) is 4. The van der Waals surface area contributed by atoms with E-state index in [4.69, 9.17) is 0 Å². The number of benzene rings is 1. The summed E-state index contributed by atoms with van der Waals surface area (Å²) in [6.45, 7) is 3.64. The Bertz CT molecular complexity index is 837. The van der Waals surface area contributed by atoms with Crippen LogP contribution in [0.25, 0.3) is 0 Å². The van der Waals surface area contributed by atoms with Gasteiger partial charge in [0.2, 0.25) is 10.0 Å². The van der Waals surface area contributed by atoms with Gasteiger partial charge in [0.1, 0.15) is 4.21 Å². The third kappa shape index (κ3) is 3.85. The van der Waals surface area contributed by atoms with Gasteiger partial charge in [-0.3, -0.25) is 4.79 Å². The molecule has 1 aliphatic heterocycles. The number of amides is 1. The van der Waals surface area contributed by atoms with Crippen molar-refractivity contribution in [3.8, 4) is 0 Å². The fourth-order valence-electron chi connectivity index (χ4n) is 2.72. The molecule has 2 heterocycles. The molecule has 1 N–H and O–H groups in total. The van der Waals surface area contributed by atoms with Gasteiger partial charge in [0.05, 0.1) is 0 Å². The van der Waals surface area contributed by atoms with E-state index < -0.39 is 10.0 Å². The largest absolute Gasteiger partial charge is 0.339 e. The standard InChI is InChI=1S/C17H20N2O3S2/c1-13-7-8-16(23-13)24(21,22)18-12-14-5-4-6-15(11-14)17(20)19-9-2-3-10-19/h4-8,11,18H,2-3,9-10,12H2,1H3. The Labute approximate surface area is 146 Å². The van der Waals surface area contributed by atoms with Gasteiger partial charge < -0.3 is 4.90 Å². The minimum atomic E-state index is -3.51. The third-order valence-corrected chi connectivity index (χ3v) is 6.91. The minimum absolute atomic E-state index is 0.0195. The maximum absolute atomic E-state index is 12.4. The van der Waals surface area contributed by atoms with E-state index in [0.717, 1.165) is 36.4 Å². The third-order valence-electron chi connectivity index (χ3n) is 4.01. The van der Waals surface area contributed by atoms with E-state index >= 15 is 0 Å². The first-order valence-corrected chi connectivity index (χ1v) is 10.2. The van der Waals surface area contributed by atoms with Crippen LogP contribution in [0, 0.1) is 6.92 Å². The number of aryl methyl sites for hydroxylation is 1. The summed E-state index contributed by atoms with van der Waals surface area (Å²) in [6.07, 6.45) is 2.09. The fourth-order valence-corrected chi connectivity index (χ4v) is 5.07. The molecule has 24 heavy (non-hydrogen) atoms. The van der Waals surface area contributed by atoms with Crippen LogP contribution in [-0.2, 0) is 16.6 Å². The van der Waals surface area contributed by atoms with Gasteiger partial charge in [0.15, 0.2) is 0 Å². The highest BCUT2D eigenvalue weighted by Crippen LogP contribution is 2.21. The van der Waals surface area contributed by atoms with Gasteiger partial charge in [-0.15, -0.1) is 11.3 Å². The molecule has 128 valence electrons. The lowest BCUT2D eigenvalue weighted by Gasteiger charge is -2.15. The smallest absolute Gasteiger partial charge is 0.253 e. The molecule has 1 fully saturated rings. The van der Waals surface area contributed by atoms with Crippen LogP contribution in [0.15, 0.2) is 40.6 Å². The van der Waals surface area contributed by atoms with E-state index in [1.165, 1.54) is 11.3 Å². The Morgan fingerprint density at radius 3 is 2.62 bits per heavy atom. The number of hydrogen-bond donors (Lipinski definition) is 1. The molecule has 1 aromatic heterocycles. The van der Waals surface area contributed by atoms with E-state index in [-0.39, 0.29) is 12.5 Å². The summed E-state index contributed by atoms with van der Waals surface area (Å²) in [5, 5.41) is 0. The number of likely N-dealkylation sites (tertiary alicyclic amines) is 1. The first-order chi connectivity index (χ1) is 11.5. The lowest BCUT2D eigenvalue weighted by Crippen LogP contribution is -2.28. The van der Waals surface area contributed by atoms with Gasteiger partial charge in [0, 0.05) is 30.1 Å². The Morgan fingerprint density at radius 2 is 1.96 bits per heavy atom. The number of nitrogens with zero attached hydrogens (tertiary/aromatic N) is 1. The van der Waals surface area contributed by atoms with Gasteiger partial charge in [-0.1, -0.05) is 12.1 Å². The van der Waals surface area contributed by atoms with Crippen molar-refractivity contribution in [2.45, 2.75) is 30.5 Å². The summed E-state index contributed by atoms with van der Waals surface area (Å²) in [5.74, 6) is 0.0195. The predicted octanol–water partition coefficient (Wildman–Crippen LogP) is 2.77. The summed E-state index contributed by atoms with van der Waals surface area (Å²) < 4.78 is 27.4. The topological polar surface area (TPSA) is 66.5 Å². The molecular formula is C17H20N2O3S2. The zero-order valence-corrected chi connectivity index (χ0v) is 15.1. The zero-order valence-electron chi connectivity index (χ0n) is 13.5. The fraction of sp³-hybridized carbons (Fsp3) is 0.353. The maximum Gasteiger partial charge on any atom is 0.253 e. The molecule has 3 rings (SSSR count). The van der Waals surface area contributed by atoms with Crippen LogP contribution in [-0.4, -0.2) is 32.3 Å². The summed E-state index contributed by atoms with van der Waals surface area (Å²) in [4.78, 5) is 15.2. The molecule has 1 saturated heterocycles. The summed E-state index contributed by atoms with van der Waals surface area (Å²) in [6, 6.07) is 10.6. The molecule has 0 aliphatic carbocycles. The molecule has 0 atom stereocenters. The van der Waals surface area contributed by atoms with Crippen molar-refractivity contribution in [1.82, 2.24) is 9.62 Å². The predicted molar refractivity (Wildman–Crippen MR) is 94.7 cm³/mol. The second-order valence-electron chi connectivity index (χ2n) is 5.89. The van der Waals surface area contributed by atoms with Crippen molar-refractivity contribution in [2.24, 2.45) is 0 Å². The number of carbonyl (C=O) groups excluding carboxylic acids is 1. The average molecular weight is 364 g/mol. The van der Waals surface area contributed by atoms with E-state index in [0.29, 0.717) is 9.77 Å². The van der Waals surface area contributed by atoms with Crippen molar-refractivity contribution in [2.75, 3.05) is 13.1 Å². The van der Waals surface area contributed by atoms with Crippen molar-refractivity contribution in [3.05, 3.63) is 52.4 Å². The van der Waals surface area contributed by atoms with Gasteiger partial charge in [0.25, 0.3) is 5.91 Å². The number of rotatable bonds is 5. The van der Waals surface area contributed by atoms with Gasteiger partial charge in [-0.2, -0.15) is 0 Å². The van der Waals surface area contributed by atoms with Crippen LogP contribution in [0.3, 0.4) is 0 Å². The number of carbonyl (C=O) groups is 1. The van der Waals surface area contributed by atoms with Crippen molar-refractivity contribution in [3.63, 3.8) is 0 Å². The summed E-state index contributed by atoms with van der Waals surface area (Å²) >= 11 is 1.24. The average Bonchev–Trinajstić information content (AvgIpc) is 3.24. The zero-order chi connectivity index (χ0) is 17.2. The van der Waals surface area contributed by atoms with Crippen molar-refractivity contribution < 1.29 is 13.2 Å². The van der Waals surface area contributed by atoms with Crippen LogP contribution >= 0.6 is 11.3 Å². The summed E-state index contributed by atoms with van der Waals surface area (Å²) in [5.41, 5.74) is 1.39. The molecule has 0 radical (unpaired) electrons. The molecule has 0 bridgehead atoms. The number of thiophene rings is 1. The SMILES string of the molecule is Cc1ccc(S(=O)(=O)NCc2cccc(C(=O)N3CCCC3)c2)s1. The monoisotopic (exact) mass is 364 g/mol. The van der Waals surface area contributed by atoms with Crippen LogP contribution in [0.4, 0.5) is 0 Å². The summed E-state index contributed by atoms with van der Waals surface area (Å²) in [7, 11) is -3.51. The highest BCUT2D eigenvalue weighted by atomic mass is 32.2. The quantitative estimate of drug-likeness (QED) is 0.887. The molecule has 0 unspecified atom stereocenters. The molecule has 0 spiro atoms. The van der Waals surface area contributed by atoms with Crippen LogP contribution in [0.5, 0.6) is 0 Å². The molecule has 1 aliphatic rings. The highest BCUT2D eigenvalue weighted by molar-refractivity contribution is 7.91. The van der Waals surface area contributed by atoms with Gasteiger partial charge in [-0.25, -0.2) is 13.1 Å². The van der Waals surface area contributed by atoms with Crippen LogP contribution < -0.4 is 4.72 Å². The number of nitrogens with one attached hydrogen (secondary N) is 1. The van der Waals surface area contributed by atoms with Crippen LogP contribution in [0.1, 0.15) is 33.6 Å². The molecule has 5 nitrogen and oxygen atoms in total. The maximum atomic E-state index is 12.4. The van der Waals surface area contributed by atoms with E-state index in [9.17, 15) is 13.2 Å². The Kier molecular flexibility index (Phi) is 5.03. The molecule has 0 saturated carbocycles. The Balaban J connectivity index is 1.69. The first kappa shape index (κ1) is 17.1. The van der Waals surface area contributed by atoms with Crippen LogP contribution in [0.2, 0.25) is 0 Å². The molecule has 2 aromatic rings. The molecule has 1 aromatic carbocycles. The molecular weight excluding hydrogens is 344 g/mol. The molecule has 1 amide bonds. The first-order valence-electron chi connectivity index (χ1n) is 7.90. The van der Waals surface area contributed by atoms with E-state index in [1.807, 2.05) is 17.9 Å². The van der Waals surface area contributed by atoms with Crippen molar-refractivity contribution in [1.29, 1.82) is 0 Å². The molecule has 7 heteroatoms. The second kappa shape index (κ2) is 7.04. The van der Waals surface area contributed by atoms with Crippen molar-refractivity contribution >= 4 is 27.3 Å². The number of sulfonamides is 1. The Morgan fingerprint density at radius 1 is 1.21 bits per heavy atom. The Hall–Kier alpha value is -1.70. The lowest BCUT2D eigenvalue weighted by molar-refractivity contribution is 0.0792. The minimum Gasteiger partial charge on any atom is -0.339 e. The van der Waals surface area contributed by atoms with E-state index in [1.54, 1.807) is 30.3 Å². The van der Waals surface area contributed by atoms with E-state index in [2.05, 4.69) is 4.72 Å². The normalized spacial score (nSPS) is 15.0. The lowest BCUT2D eigenvalue weighted by atomic mass is 10.1.